The van der Waals surface area contributed by atoms with E-state index in [0.717, 1.165) is 19.5 Å². The topological polar surface area (TPSA) is 23.5 Å². The summed E-state index contributed by atoms with van der Waals surface area (Å²) >= 11 is 0. The Morgan fingerprint density at radius 1 is 0.955 bits per heavy atom. The maximum Gasteiger partial charge on any atom is 0.0615 e. The molecule has 2 aromatic carbocycles. The van der Waals surface area contributed by atoms with Gasteiger partial charge >= 0.3 is 0 Å². The zero-order valence-corrected chi connectivity index (χ0v) is 13.4. The smallest absolute Gasteiger partial charge is 0.0615 e. The molecule has 3 rings (SSSR count). The lowest BCUT2D eigenvalue weighted by atomic mass is 9.79. The van der Waals surface area contributed by atoms with Gasteiger partial charge in [0.1, 0.15) is 0 Å². The van der Waals surface area contributed by atoms with Gasteiger partial charge in [-0.25, -0.2) is 0 Å². The van der Waals surface area contributed by atoms with Gasteiger partial charge < -0.3 is 5.11 Å². The Balaban J connectivity index is 1.96. The van der Waals surface area contributed by atoms with Gasteiger partial charge in [-0.3, -0.25) is 4.90 Å². The van der Waals surface area contributed by atoms with E-state index in [0.29, 0.717) is 0 Å². The molecule has 1 aliphatic heterocycles. The Bertz CT molecular complexity index is 554. The molecule has 0 spiro atoms. The van der Waals surface area contributed by atoms with Crippen molar-refractivity contribution >= 4 is 0 Å². The molecule has 1 N–H and O–H groups in total. The third-order valence-electron chi connectivity index (χ3n) is 4.80. The molecule has 0 aliphatic carbocycles. The van der Waals surface area contributed by atoms with Crippen LogP contribution in [0.25, 0.3) is 0 Å². The molecule has 0 saturated carbocycles. The summed E-state index contributed by atoms with van der Waals surface area (Å²) in [6.45, 7) is 6.16. The lowest BCUT2D eigenvalue weighted by Gasteiger charge is -2.45. The highest BCUT2D eigenvalue weighted by Crippen LogP contribution is 2.36. The van der Waals surface area contributed by atoms with E-state index in [2.05, 4.69) is 79.4 Å². The molecule has 2 heteroatoms. The Kier molecular flexibility index (Phi) is 4.32. The van der Waals surface area contributed by atoms with Gasteiger partial charge in [-0.1, -0.05) is 74.5 Å². The average Bonchev–Trinajstić information content (AvgIpc) is 2.53. The molecular weight excluding hydrogens is 270 g/mol. The van der Waals surface area contributed by atoms with E-state index in [9.17, 15) is 5.11 Å². The summed E-state index contributed by atoms with van der Waals surface area (Å²) in [5, 5.41) is 10.3. The summed E-state index contributed by atoms with van der Waals surface area (Å²) in [6, 6.07) is 21.6. The predicted molar refractivity (Wildman–Crippen MR) is 90.7 cm³/mol. The quantitative estimate of drug-likeness (QED) is 0.929. The van der Waals surface area contributed by atoms with Gasteiger partial charge in [-0.05, 0) is 17.5 Å². The van der Waals surface area contributed by atoms with Crippen LogP contribution in [0.1, 0.15) is 37.4 Å². The molecule has 0 aromatic heterocycles. The Morgan fingerprint density at radius 2 is 1.45 bits per heavy atom. The highest BCUT2D eigenvalue weighted by Gasteiger charge is 2.37. The van der Waals surface area contributed by atoms with E-state index in [4.69, 9.17) is 0 Å². The fourth-order valence-corrected chi connectivity index (χ4v) is 3.49. The van der Waals surface area contributed by atoms with Crippen LogP contribution in [0.5, 0.6) is 0 Å². The van der Waals surface area contributed by atoms with Crippen molar-refractivity contribution in [3.63, 3.8) is 0 Å². The minimum absolute atomic E-state index is 0.0694. The highest BCUT2D eigenvalue weighted by molar-refractivity contribution is 5.32. The second-order valence-electron chi connectivity index (χ2n) is 6.99. The summed E-state index contributed by atoms with van der Waals surface area (Å²) in [7, 11) is 0. The van der Waals surface area contributed by atoms with Gasteiger partial charge in [0.05, 0.1) is 12.1 Å². The molecule has 2 nitrogen and oxygen atoms in total. The molecule has 22 heavy (non-hydrogen) atoms. The first-order chi connectivity index (χ1) is 10.6. The Hall–Kier alpha value is -1.64. The average molecular weight is 295 g/mol. The molecule has 1 aliphatic rings. The first kappa shape index (κ1) is 15.3. The minimum atomic E-state index is -0.212. The van der Waals surface area contributed by atoms with E-state index in [1.807, 2.05) is 0 Å². The standard InChI is InChI=1S/C20H25NO/c1-20(2)15-21(14-13-18(20)22)19(16-9-5-3-6-10-16)17-11-7-4-8-12-17/h3-12,18-19,22H,13-15H2,1-2H3. The van der Waals surface area contributed by atoms with Crippen LogP contribution < -0.4 is 0 Å². The van der Waals surface area contributed by atoms with Crippen molar-refractivity contribution in [2.24, 2.45) is 5.41 Å². The summed E-state index contributed by atoms with van der Waals surface area (Å²) in [5.41, 5.74) is 2.57. The molecule has 0 amide bonds. The summed E-state index contributed by atoms with van der Waals surface area (Å²) in [4.78, 5) is 2.51. The van der Waals surface area contributed by atoms with Crippen molar-refractivity contribution in [1.82, 2.24) is 4.90 Å². The maximum absolute atomic E-state index is 10.3. The Morgan fingerprint density at radius 3 is 1.91 bits per heavy atom. The number of benzene rings is 2. The molecule has 2 aromatic rings. The van der Waals surface area contributed by atoms with Crippen LogP contribution in [0.2, 0.25) is 0 Å². The van der Waals surface area contributed by atoms with Crippen LogP contribution in [0, 0.1) is 5.41 Å². The van der Waals surface area contributed by atoms with Crippen LogP contribution in [0.4, 0.5) is 0 Å². The Labute approximate surface area is 133 Å². The van der Waals surface area contributed by atoms with Gasteiger partial charge in [0.15, 0.2) is 0 Å². The van der Waals surface area contributed by atoms with E-state index >= 15 is 0 Å². The van der Waals surface area contributed by atoms with Crippen molar-refractivity contribution in [3.05, 3.63) is 71.8 Å². The number of nitrogens with zero attached hydrogens (tertiary/aromatic N) is 1. The fourth-order valence-electron chi connectivity index (χ4n) is 3.49. The fraction of sp³-hybridized carbons (Fsp3) is 0.400. The van der Waals surface area contributed by atoms with Gasteiger partial charge in [0.25, 0.3) is 0 Å². The van der Waals surface area contributed by atoms with Crippen molar-refractivity contribution < 1.29 is 5.11 Å². The molecule has 1 heterocycles. The minimum Gasteiger partial charge on any atom is -0.392 e. The molecule has 1 fully saturated rings. The number of piperidine rings is 1. The number of aliphatic hydroxyl groups excluding tert-OH is 1. The second-order valence-corrected chi connectivity index (χ2v) is 6.99. The van der Waals surface area contributed by atoms with Crippen LogP contribution in [0.15, 0.2) is 60.7 Å². The number of hydrogen-bond acceptors (Lipinski definition) is 2. The van der Waals surface area contributed by atoms with E-state index in [-0.39, 0.29) is 17.6 Å². The summed E-state index contributed by atoms with van der Waals surface area (Å²) in [5.74, 6) is 0. The van der Waals surface area contributed by atoms with E-state index in [1.165, 1.54) is 11.1 Å². The number of rotatable bonds is 3. The van der Waals surface area contributed by atoms with Crippen molar-refractivity contribution in [2.45, 2.75) is 32.4 Å². The maximum atomic E-state index is 10.3. The van der Waals surface area contributed by atoms with Crippen LogP contribution in [-0.2, 0) is 0 Å². The van der Waals surface area contributed by atoms with E-state index < -0.39 is 0 Å². The van der Waals surface area contributed by atoms with Crippen molar-refractivity contribution in [3.8, 4) is 0 Å². The molecule has 1 saturated heterocycles. The zero-order chi connectivity index (χ0) is 15.6. The molecule has 0 radical (unpaired) electrons. The van der Waals surface area contributed by atoms with Crippen molar-refractivity contribution in [1.29, 1.82) is 0 Å². The summed E-state index contributed by atoms with van der Waals surface area (Å²) < 4.78 is 0. The third kappa shape index (κ3) is 3.08. The lowest BCUT2D eigenvalue weighted by Crippen LogP contribution is -2.49. The highest BCUT2D eigenvalue weighted by atomic mass is 16.3. The first-order valence-corrected chi connectivity index (χ1v) is 8.10. The molecule has 116 valence electrons. The first-order valence-electron chi connectivity index (χ1n) is 8.10. The largest absolute Gasteiger partial charge is 0.392 e. The molecule has 1 unspecified atom stereocenters. The number of hydrogen-bond donors (Lipinski definition) is 1. The van der Waals surface area contributed by atoms with Crippen LogP contribution in [-0.4, -0.2) is 29.2 Å². The third-order valence-corrected chi connectivity index (χ3v) is 4.80. The number of aliphatic hydroxyl groups is 1. The molecule has 1 atom stereocenters. The summed E-state index contributed by atoms with van der Waals surface area (Å²) in [6.07, 6.45) is 0.624. The predicted octanol–water partition coefficient (Wildman–Crippen LogP) is 3.87. The number of likely N-dealkylation sites (tertiary alicyclic amines) is 1. The zero-order valence-electron chi connectivity index (χ0n) is 13.4. The normalized spacial score (nSPS) is 21.9. The van der Waals surface area contributed by atoms with E-state index in [1.54, 1.807) is 0 Å². The SMILES string of the molecule is CC1(C)CN(C(c2ccccc2)c2ccccc2)CCC1O. The lowest BCUT2D eigenvalue weighted by molar-refractivity contribution is -0.0336. The van der Waals surface area contributed by atoms with Gasteiger partial charge in [-0.2, -0.15) is 0 Å². The van der Waals surface area contributed by atoms with Gasteiger partial charge in [-0.15, -0.1) is 0 Å². The molecular formula is C20H25NO. The van der Waals surface area contributed by atoms with Crippen LogP contribution in [0.3, 0.4) is 0 Å². The molecule has 0 bridgehead atoms. The van der Waals surface area contributed by atoms with Crippen LogP contribution >= 0.6 is 0 Å². The second kappa shape index (κ2) is 6.23. The van der Waals surface area contributed by atoms with Crippen molar-refractivity contribution in [2.75, 3.05) is 13.1 Å². The van der Waals surface area contributed by atoms with Gasteiger partial charge in [0, 0.05) is 18.5 Å². The van der Waals surface area contributed by atoms with Gasteiger partial charge in [0.2, 0.25) is 0 Å². The monoisotopic (exact) mass is 295 g/mol.